The lowest BCUT2D eigenvalue weighted by atomic mass is 9.95. The number of nitrogens with zero attached hydrogens (tertiary/aromatic N) is 1. The second kappa shape index (κ2) is 2.68. The molecule has 0 radical (unpaired) electrons. The third kappa shape index (κ3) is 1.17. The van der Waals surface area contributed by atoms with Gasteiger partial charge in [-0.1, -0.05) is 24.9 Å². The van der Waals surface area contributed by atoms with E-state index in [4.69, 9.17) is 4.52 Å². The largest absolute Gasteiger partial charge is 0.365 e. The first-order valence-corrected chi connectivity index (χ1v) is 4.28. The molecule has 0 saturated heterocycles. The van der Waals surface area contributed by atoms with Gasteiger partial charge in [0.2, 0.25) is 0 Å². The molecule has 2 rings (SSSR count). The fourth-order valence-corrected chi connectivity index (χ4v) is 2.00. The molecular weight excluding hydrogens is 138 g/mol. The van der Waals surface area contributed by atoms with E-state index in [2.05, 4.69) is 12.1 Å². The van der Waals surface area contributed by atoms with Crippen molar-refractivity contribution in [1.29, 1.82) is 0 Å². The molecule has 60 valence electrons. The Balaban J connectivity index is 2.16. The quantitative estimate of drug-likeness (QED) is 0.616. The smallest absolute Gasteiger partial charge is 0.124 e. The van der Waals surface area contributed by atoms with E-state index in [-0.39, 0.29) is 0 Å². The Bertz CT molecular complexity index is 217. The number of hydrogen-bond acceptors (Lipinski definition) is 2. The van der Waals surface area contributed by atoms with Gasteiger partial charge in [0, 0.05) is 12.0 Å². The zero-order chi connectivity index (χ0) is 7.68. The molecule has 0 amide bonds. The summed E-state index contributed by atoms with van der Waals surface area (Å²) in [6, 6.07) is 1.99. The minimum atomic E-state index is 0.661. The molecule has 2 unspecified atom stereocenters. The maximum Gasteiger partial charge on any atom is 0.124 e. The minimum absolute atomic E-state index is 0.661. The van der Waals surface area contributed by atoms with Gasteiger partial charge in [0.05, 0.1) is 5.69 Å². The Labute approximate surface area is 66.6 Å². The normalized spacial score (nSPS) is 31.0. The summed E-state index contributed by atoms with van der Waals surface area (Å²) < 4.78 is 4.83. The van der Waals surface area contributed by atoms with Crippen molar-refractivity contribution in [2.45, 2.75) is 32.1 Å². The molecule has 1 aromatic rings. The molecule has 0 aromatic carbocycles. The van der Waals surface area contributed by atoms with Gasteiger partial charge in [-0.05, 0) is 12.3 Å². The summed E-state index contributed by atoms with van der Waals surface area (Å²) in [5, 5.41) is 3.97. The number of rotatable bonds is 1. The second-order valence-corrected chi connectivity index (χ2v) is 3.44. The zero-order valence-corrected chi connectivity index (χ0v) is 6.79. The van der Waals surface area contributed by atoms with E-state index in [0.717, 1.165) is 11.6 Å². The summed E-state index contributed by atoms with van der Waals surface area (Å²) in [6.07, 6.45) is 5.64. The highest BCUT2D eigenvalue weighted by Gasteiger charge is 2.26. The molecule has 1 aliphatic rings. The highest BCUT2D eigenvalue weighted by molar-refractivity contribution is 5.07. The first-order chi connectivity index (χ1) is 5.38. The van der Waals surface area contributed by atoms with Crippen molar-refractivity contribution in [1.82, 2.24) is 5.16 Å². The molecule has 0 bridgehead atoms. The summed E-state index contributed by atoms with van der Waals surface area (Å²) in [5.74, 6) is 1.45. The zero-order valence-electron chi connectivity index (χ0n) is 6.79. The predicted molar refractivity (Wildman–Crippen MR) is 42.3 cm³/mol. The molecule has 1 aliphatic carbocycles. The number of aromatic nitrogens is 1. The Morgan fingerprint density at radius 2 is 2.45 bits per heavy atom. The first kappa shape index (κ1) is 6.89. The highest BCUT2D eigenvalue weighted by atomic mass is 16.5. The summed E-state index contributed by atoms with van der Waals surface area (Å²) in [5.41, 5.74) is 1.15. The van der Waals surface area contributed by atoms with Gasteiger partial charge in [-0.2, -0.15) is 0 Å². The monoisotopic (exact) mass is 151 g/mol. The lowest BCUT2D eigenvalue weighted by Crippen LogP contribution is -2.01. The lowest BCUT2D eigenvalue weighted by molar-refractivity contribution is 0.395. The van der Waals surface area contributed by atoms with Crippen molar-refractivity contribution >= 4 is 0 Å². The minimum Gasteiger partial charge on any atom is -0.365 e. The van der Waals surface area contributed by atoms with Crippen LogP contribution in [0.5, 0.6) is 0 Å². The van der Waals surface area contributed by atoms with Crippen LogP contribution in [0, 0.1) is 5.92 Å². The number of hydrogen-bond donors (Lipinski definition) is 0. The standard InChI is InChI=1S/C9H13NO/c1-7-3-2-4-8(7)9-5-6-11-10-9/h5-8H,2-4H2,1H3. The molecule has 1 heterocycles. The van der Waals surface area contributed by atoms with Gasteiger partial charge in [0.15, 0.2) is 0 Å². The van der Waals surface area contributed by atoms with Crippen LogP contribution in [-0.2, 0) is 0 Å². The van der Waals surface area contributed by atoms with Crippen LogP contribution in [0.2, 0.25) is 0 Å². The van der Waals surface area contributed by atoms with Crippen molar-refractivity contribution in [3.05, 3.63) is 18.0 Å². The Kier molecular flexibility index (Phi) is 1.68. The summed E-state index contributed by atoms with van der Waals surface area (Å²) >= 11 is 0. The van der Waals surface area contributed by atoms with E-state index in [1.165, 1.54) is 19.3 Å². The first-order valence-electron chi connectivity index (χ1n) is 4.28. The molecule has 2 atom stereocenters. The maximum atomic E-state index is 4.83. The van der Waals surface area contributed by atoms with Crippen molar-refractivity contribution in [3.8, 4) is 0 Å². The van der Waals surface area contributed by atoms with E-state index < -0.39 is 0 Å². The molecule has 0 N–H and O–H groups in total. The molecule has 2 nitrogen and oxygen atoms in total. The summed E-state index contributed by atoms with van der Waals surface area (Å²) in [7, 11) is 0. The molecule has 1 saturated carbocycles. The van der Waals surface area contributed by atoms with E-state index in [0.29, 0.717) is 5.92 Å². The third-order valence-corrected chi connectivity index (χ3v) is 2.70. The van der Waals surface area contributed by atoms with Crippen LogP contribution in [-0.4, -0.2) is 5.16 Å². The van der Waals surface area contributed by atoms with Crippen molar-refractivity contribution in [2.75, 3.05) is 0 Å². The lowest BCUT2D eigenvalue weighted by Gasteiger charge is -2.10. The van der Waals surface area contributed by atoms with Crippen molar-refractivity contribution < 1.29 is 4.52 Å². The van der Waals surface area contributed by atoms with Crippen molar-refractivity contribution in [3.63, 3.8) is 0 Å². The fraction of sp³-hybridized carbons (Fsp3) is 0.667. The SMILES string of the molecule is CC1CCCC1c1ccon1. The Morgan fingerprint density at radius 1 is 1.55 bits per heavy atom. The van der Waals surface area contributed by atoms with Gasteiger partial charge < -0.3 is 4.52 Å². The predicted octanol–water partition coefficient (Wildman–Crippen LogP) is 2.58. The average Bonchev–Trinajstić information content (AvgIpc) is 2.55. The molecule has 0 spiro atoms. The fourth-order valence-electron chi connectivity index (χ4n) is 2.00. The van der Waals surface area contributed by atoms with Crippen LogP contribution in [0.4, 0.5) is 0 Å². The second-order valence-electron chi connectivity index (χ2n) is 3.44. The van der Waals surface area contributed by atoms with Gasteiger partial charge >= 0.3 is 0 Å². The van der Waals surface area contributed by atoms with E-state index in [1.807, 2.05) is 6.07 Å². The maximum absolute atomic E-state index is 4.83. The van der Waals surface area contributed by atoms with Crippen molar-refractivity contribution in [2.24, 2.45) is 5.92 Å². The molecule has 0 aliphatic heterocycles. The molecule has 2 heteroatoms. The van der Waals surface area contributed by atoms with Gasteiger partial charge in [-0.3, -0.25) is 0 Å². The van der Waals surface area contributed by atoms with Crippen LogP contribution in [0.1, 0.15) is 37.8 Å². The van der Waals surface area contributed by atoms with E-state index in [1.54, 1.807) is 6.26 Å². The van der Waals surface area contributed by atoms with Gasteiger partial charge in [-0.15, -0.1) is 0 Å². The van der Waals surface area contributed by atoms with E-state index >= 15 is 0 Å². The topological polar surface area (TPSA) is 26.0 Å². The average molecular weight is 151 g/mol. The molecule has 1 aromatic heterocycles. The van der Waals surface area contributed by atoms with Gasteiger partial charge in [0.1, 0.15) is 6.26 Å². The molecular formula is C9H13NO. The third-order valence-electron chi connectivity index (χ3n) is 2.70. The van der Waals surface area contributed by atoms with Crippen LogP contribution in [0.15, 0.2) is 16.9 Å². The van der Waals surface area contributed by atoms with Crippen LogP contribution < -0.4 is 0 Å². The highest BCUT2D eigenvalue weighted by Crippen LogP contribution is 2.38. The van der Waals surface area contributed by atoms with Gasteiger partial charge in [-0.25, -0.2) is 0 Å². The Hall–Kier alpha value is -0.790. The van der Waals surface area contributed by atoms with Gasteiger partial charge in [0.25, 0.3) is 0 Å². The van der Waals surface area contributed by atoms with E-state index in [9.17, 15) is 0 Å². The van der Waals surface area contributed by atoms with Crippen LogP contribution in [0.25, 0.3) is 0 Å². The Morgan fingerprint density at radius 3 is 3.00 bits per heavy atom. The molecule has 1 fully saturated rings. The van der Waals surface area contributed by atoms with Crippen LogP contribution >= 0.6 is 0 Å². The summed E-state index contributed by atoms with van der Waals surface area (Å²) in [6.45, 7) is 2.30. The molecule has 11 heavy (non-hydrogen) atoms. The van der Waals surface area contributed by atoms with Crippen LogP contribution in [0.3, 0.4) is 0 Å². The summed E-state index contributed by atoms with van der Waals surface area (Å²) in [4.78, 5) is 0.